The van der Waals surface area contributed by atoms with Gasteiger partial charge in [-0.05, 0) is 37.5 Å². The zero-order valence-electron chi connectivity index (χ0n) is 15.5. The predicted molar refractivity (Wildman–Crippen MR) is 109 cm³/mol. The molecule has 3 rings (SSSR count). The predicted octanol–water partition coefficient (Wildman–Crippen LogP) is 5.18. The van der Waals surface area contributed by atoms with Gasteiger partial charge in [0.05, 0.1) is 10.8 Å². The molecule has 3 aromatic rings. The molecule has 5 heteroatoms. The molecule has 1 atom stereocenters. The number of hydrogen-bond donors (Lipinski definition) is 1. The number of aryl methyl sites for hydroxylation is 1. The van der Waals surface area contributed by atoms with Gasteiger partial charge in [-0.3, -0.25) is 4.79 Å². The number of benzene rings is 2. The number of thioether (sulfide) groups is 1. The lowest BCUT2D eigenvalue weighted by atomic mass is 10.0. The first-order chi connectivity index (χ1) is 12.5. The van der Waals surface area contributed by atoms with E-state index in [0.717, 1.165) is 27.2 Å². The molecule has 0 saturated carbocycles. The van der Waals surface area contributed by atoms with Crippen LogP contribution in [0.25, 0.3) is 10.9 Å². The third-order valence-corrected chi connectivity index (χ3v) is 5.28. The minimum atomic E-state index is -0.270. The van der Waals surface area contributed by atoms with E-state index in [1.54, 1.807) is 0 Å². The molecule has 0 aliphatic heterocycles. The molecule has 0 bridgehead atoms. The van der Waals surface area contributed by atoms with E-state index < -0.39 is 0 Å². The van der Waals surface area contributed by atoms with Crippen LogP contribution in [0, 0.1) is 6.92 Å². The standard InChI is InChI=1S/C21H23N3OS/c1-13(2)16-9-5-7-11-18(16)24-20(25)14(3)26-21-17-10-6-8-12-19(17)22-15(4)23-21/h5-14H,1-4H3,(H,24,25)/t14-/m1/s1. The van der Waals surface area contributed by atoms with Gasteiger partial charge in [-0.15, -0.1) is 0 Å². The average molecular weight is 366 g/mol. The number of aromatic nitrogens is 2. The Morgan fingerprint density at radius 2 is 1.69 bits per heavy atom. The second kappa shape index (κ2) is 7.87. The Kier molecular flexibility index (Phi) is 5.57. The van der Waals surface area contributed by atoms with E-state index in [-0.39, 0.29) is 11.2 Å². The molecule has 0 aliphatic rings. The van der Waals surface area contributed by atoms with Crippen molar-refractivity contribution in [3.8, 4) is 0 Å². The van der Waals surface area contributed by atoms with Crippen molar-refractivity contribution in [1.29, 1.82) is 0 Å². The molecule has 134 valence electrons. The third kappa shape index (κ3) is 4.05. The Morgan fingerprint density at radius 3 is 2.46 bits per heavy atom. The molecule has 0 aliphatic carbocycles. The number of carbonyl (C=O) groups is 1. The molecule has 0 fully saturated rings. The number of rotatable bonds is 5. The highest BCUT2D eigenvalue weighted by Crippen LogP contribution is 2.30. The summed E-state index contributed by atoms with van der Waals surface area (Å²) in [5, 5.41) is 4.62. The van der Waals surface area contributed by atoms with Crippen LogP contribution in [0.5, 0.6) is 0 Å². The smallest absolute Gasteiger partial charge is 0.237 e. The van der Waals surface area contributed by atoms with Crippen LogP contribution in [0.2, 0.25) is 0 Å². The summed E-state index contributed by atoms with van der Waals surface area (Å²) in [6.45, 7) is 8.03. The number of anilines is 1. The van der Waals surface area contributed by atoms with Crippen molar-refractivity contribution in [2.45, 2.75) is 43.9 Å². The minimum Gasteiger partial charge on any atom is -0.325 e. The first kappa shape index (κ1) is 18.4. The summed E-state index contributed by atoms with van der Waals surface area (Å²) in [4.78, 5) is 21.7. The van der Waals surface area contributed by atoms with Gasteiger partial charge in [0, 0.05) is 11.1 Å². The molecule has 0 radical (unpaired) electrons. The van der Waals surface area contributed by atoms with E-state index in [1.165, 1.54) is 11.8 Å². The molecule has 1 heterocycles. The maximum absolute atomic E-state index is 12.7. The molecular formula is C21H23N3OS. The Bertz CT molecular complexity index is 939. The maximum atomic E-state index is 12.7. The van der Waals surface area contributed by atoms with Crippen LogP contribution in [-0.4, -0.2) is 21.1 Å². The molecule has 0 unspecified atom stereocenters. The van der Waals surface area contributed by atoms with Crippen molar-refractivity contribution in [1.82, 2.24) is 9.97 Å². The van der Waals surface area contributed by atoms with Crippen LogP contribution in [0.15, 0.2) is 53.6 Å². The van der Waals surface area contributed by atoms with E-state index in [1.807, 2.05) is 56.3 Å². The molecule has 1 N–H and O–H groups in total. The number of amides is 1. The van der Waals surface area contributed by atoms with Crippen molar-refractivity contribution in [2.24, 2.45) is 0 Å². The van der Waals surface area contributed by atoms with Gasteiger partial charge in [0.1, 0.15) is 10.9 Å². The zero-order chi connectivity index (χ0) is 18.7. The van der Waals surface area contributed by atoms with E-state index in [4.69, 9.17) is 0 Å². The molecule has 0 spiro atoms. The number of para-hydroxylation sites is 2. The monoisotopic (exact) mass is 365 g/mol. The second-order valence-corrected chi connectivity index (χ2v) is 7.91. The Labute approximate surface area is 158 Å². The van der Waals surface area contributed by atoms with Gasteiger partial charge in [-0.2, -0.15) is 0 Å². The largest absolute Gasteiger partial charge is 0.325 e. The van der Waals surface area contributed by atoms with Crippen LogP contribution in [0.4, 0.5) is 5.69 Å². The lowest BCUT2D eigenvalue weighted by molar-refractivity contribution is -0.115. The van der Waals surface area contributed by atoms with Crippen molar-refractivity contribution in [3.05, 3.63) is 59.9 Å². The van der Waals surface area contributed by atoms with Crippen molar-refractivity contribution in [3.63, 3.8) is 0 Å². The molecule has 2 aromatic carbocycles. The normalized spacial score (nSPS) is 12.3. The van der Waals surface area contributed by atoms with Gasteiger partial charge in [0.15, 0.2) is 0 Å². The average Bonchev–Trinajstić information content (AvgIpc) is 2.61. The maximum Gasteiger partial charge on any atom is 0.237 e. The van der Waals surface area contributed by atoms with Gasteiger partial charge in [-0.25, -0.2) is 9.97 Å². The first-order valence-electron chi connectivity index (χ1n) is 8.75. The summed E-state index contributed by atoms with van der Waals surface area (Å²) >= 11 is 1.47. The van der Waals surface area contributed by atoms with Crippen LogP contribution in [-0.2, 0) is 4.79 Å². The minimum absolute atomic E-state index is 0.0246. The molecule has 0 saturated heterocycles. The van der Waals surface area contributed by atoms with Gasteiger partial charge < -0.3 is 5.32 Å². The number of fused-ring (bicyclic) bond motifs is 1. The van der Waals surface area contributed by atoms with E-state index in [2.05, 4.69) is 35.2 Å². The van der Waals surface area contributed by atoms with Crippen molar-refractivity contribution in [2.75, 3.05) is 5.32 Å². The quantitative estimate of drug-likeness (QED) is 0.500. The Balaban J connectivity index is 1.81. The second-order valence-electron chi connectivity index (χ2n) is 6.58. The molecule has 1 amide bonds. The summed E-state index contributed by atoms with van der Waals surface area (Å²) in [7, 11) is 0. The fraction of sp³-hybridized carbons (Fsp3) is 0.286. The highest BCUT2D eigenvalue weighted by Gasteiger charge is 2.19. The fourth-order valence-corrected chi connectivity index (χ4v) is 3.80. The van der Waals surface area contributed by atoms with Gasteiger partial charge in [0.25, 0.3) is 0 Å². The third-order valence-electron chi connectivity index (χ3n) is 4.18. The highest BCUT2D eigenvalue weighted by molar-refractivity contribution is 8.00. The number of nitrogens with zero attached hydrogens (tertiary/aromatic N) is 2. The number of hydrogen-bond acceptors (Lipinski definition) is 4. The SMILES string of the molecule is Cc1nc(S[C@H](C)C(=O)Nc2ccccc2C(C)C)c2ccccc2n1. The first-order valence-corrected chi connectivity index (χ1v) is 9.63. The van der Waals surface area contributed by atoms with Crippen LogP contribution < -0.4 is 5.32 Å². The van der Waals surface area contributed by atoms with Gasteiger partial charge >= 0.3 is 0 Å². The Morgan fingerprint density at radius 1 is 1.00 bits per heavy atom. The highest BCUT2D eigenvalue weighted by atomic mass is 32.2. The summed E-state index contributed by atoms with van der Waals surface area (Å²) < 4.78 is 0. The number of nitrogens with one attached hydrogen (secondary N) is 1. The van der Waals surface area contributed by atoms with Crippen molar-refractivity contribution >= 4 is 34.3 Å². The summed E-state index contributed by atoms with van der Waals surface area (Å²) in [6, 6.07) is 15.8. The van der Waals surface area contributed by atoms with Gasteiger partial charge in [0.2, 0.25) is 5.91 Å². The van der Waals surface area contributed by atoms with E-state index in [9.17, 15) is 4.79 Å². The van der Waals surface area contributed by atoms with Crippen LogP contribution in [0.1, 0.15) is 38.1 Å². The molecule has 26 heavy (non-hydrogen) atoms. The van der Waals surface area contributed by atoms with Crippen LogP contribution >= 0.6 is 11.8 Å². The van der Waals surface area contributed by atoms with E-state index >= 15 is 0 Å². The van der Waals surface area contributed by atoms with Gasteiger partial charge in [-0.1, -0.05) is 62.0 Å². The summed E-state index contributed by atoms with van der Waals surface area (Å²) in [6.07, 6.45) is 0. The fourth-order valence-electron chi connectivity index (χ4n) is 2.82. The van der Waals surface area contributed by atoms with Crippen molar-refractivity contribution < 1.29 is 4.79 Å². The summed E-state index contributed by atoms with van der Waals surface area (Å²) in [5.74, 6) is 1.04. The lowest BCUT2D eigenvalue weighted by Gasteiger charge is -2.16. The van der Waals surface area contributed by atoms with E-state index in [0.29, 0.717) is 11.7 Å². The summed E-state index contributed by atoms with van der Waals surface area (Å²) in [5.41, 5.74) is 2.92. The molecule has 4 nitrogen and oxygen atoms in total. The zero-order valence-corrected chi connectivity index (χ0v) is 16.3. The lowest BCUT2D eigenvalue weighted by Crippen LogP contribution is -2.23. The molecule has 1 aromatic heterocycles. The number of carbonyl (C=O) groups excluding carboxylic acids is 1. The van der Waals surface area contributed by atoms with Crippen LogP contribution in [0.3, 0.4) is 0 Å². The Hall–Kier alpha value is -2.40. The molecular weight excluding hydrogens is 342 g/mol. The topological polar surface area (TPSA) is 54.9 Å².